The Bertz CT molecular complexity index is 751. The molecule has 140 valence electrons. The molecule has 1 saturated heterocycles. The number of para-hydroxylation sites is 2. The molecule has 7 heteroatoms. The van der Waals surface area contributed by atoms with Crippen molar-refractivity contribution < 1.29 is 9.47 Å². The van der Waals surface area contributed by atoms with Gasteiger partial charge in [-0.25, -0.2) is 0 Å². The van der Waals surface area contributed by atoms with Gasteiger partial charge >= 0.3 is 0 Å². The van der Waals surface area contributed by atoms with Crippen molar-refractivity contribution in [2.45, 2.75) is 43.0 Å². The number of benzene rings is 1. The number of piperidine rings is 1. The highest BCUT2D eigenvalue weighted by Gasteiger charge is 2.27. The van der Waals surface area contributed by atoms with Gasteiger partial charge in [0.1, 0.15) is 6.61 Å². The summed E-state index contributed by atoms with van der Waals surface area (Å²) in [6.07, 6.45) is 4.97. The molecular weight excluding hydrogens is 348 g/mol. The molecule has 0 aliphatic carbocycles. The highest BCUT2D eigenvalue weighted by molar-refractivity contribution is 7.99. The summed E-state index contributed by atoms with van der Waals surface area (Å²) in [4.78, 5) is 2.50. The lowest BCUT2D eigenvalue weighted by Crippen LogP contribution is -2.36. The molecule has 2 aliphatic heterocycles. The predicted molar refractivity (Wildman–Crippen MR) is 102 cm³/mol. The fraction of sp³-hybridized carbons (Fsp3) is 0.579. The Morgan fingerprint density at radius 3 is 2.85 bits per heavy atom. The number of nitrogens with zero attached hydrogens (tertiary/aromatic N) is 4. The molecule has 1 aromatic heterocycles. The first-order chi connectivity index (χ1) is 12.7. The summed E-state index contributed by atoms with van der Waals surface area (Å²) in [7, 11) is 4.25. The van der Waals surface area contributed by atoms with E-state index in [1.54, 1.807) is 11.8 Å². The molecule has 2 aliphatic rings. The molecule has 0 N–H and O–H groups in total. The number of aromatic nitrogens is 3. The number of hydrogen-bond acceptors (Lipinski definition) is 6. The number of ether oxygens (including phenoxy) is 2. The van der Waals surface area contributed by atoms with Crippen LogP contribution in [0.4, 0.5) is 0 Å². The molecule has 0 spiro atoms. The van der Waals surface area contributed by atoms with E-state index in [0.29, 0.717) is 12.6 Å². The third-order valence-electron chi connectivity index (χ3n) is 5.27. The van der Waals surface area contributed by atoms with E-state index in [1.165, 1.54) is 32.2 Å². The third-order valence-corrected chi connectivity index (χ3v) is 6.32. The lowest BCUT2D eigenvalue weighted by atomic mass is 10.0. The zero-order chi connectivity index (χ0) is 17.9. The van der Waals surface area contributed by atoms with Crippen molar-refractivity contribution >= 4 is 11.8 Å². The molecular formula is C19H26N4O2S. The van der Waals surface area contributed by atoms with Gasteiger partial charge in [0.2, 0.25) is 0 Å². The molecule has 2 unspecified atom stereocenters. The van der Waals surface area contributed by atoms with Gasteiger partial charge in [-0.15, -0.1) is 10.2 Å². The quantitative estimate of drug-likeness (QED) is 0.749. The Morgan fingerprint density at radius 2 is 2.00 bits per heavy atom. The molecule has 2 atom stereocenters. The highest BCUT2D eigenvalue weighted by atomic mass is 32.2. The Hall–Kier alpha value is -1.73. The normalized spacial score (nSPS) is 23.2. The fourth-order valence-corrected chi connectivity index (χ4v) is 4.63. The van der Waals surface area contributed by atoms with E-state index in [1.807, 2.05) is 35.9 Å². The van der Waals surface area contributed by atoms with Crippen LogP contribution in [0.25, 0.3) is 0 Å². The Balaban J connectivity index is 1.36. The van der Waals surface area contributed by atoms with Crippen molar-refractivity contribution in [3.05, 3.63) is 30.1 Å². The van der Waals surface area contributed by atoms with Crippen LogP contribution < -0.4 is 9.47 Å². The average molecular weight is 375 g/mol. The van der Waals surface area contributed by atoms with Gasteiger partial charge in [0.05, 0.1) is 0 Å². The third kappa shape index (κ3) is 3.69. The summed E-state index contributed by atoms with van der Waals surface area (Å²) < 4.78 is 13.9. The first-order valence-corrected chi connectivity index (χ1v) is 10.3. The minimum absolute atomic E-state index is 0.221. The van der Waals surface area contributed by atoms with E-state index < -0.39 is 0 Å². The van der Waals surface area contributed by atoms with E-state index in [-0.39, 0.29) is 6.10 Å². The van der Waals surface area contributed by atoms with Crippen molar-refractivity contribution in [3.63, 3.8) is 0 Å². The summed E-state index contributed by atoms with van der Waals surface area (Å²) in [6, 6.07) is 8.45. The fourth-order valence-electron chi connectivity index (χ4n) is 3.67. The van der Waals surface area contributed by atoms with Crippen LogP contribution in [0.15, 0.2) is 29.4 Å². The molecule has 3 heterocycles. The first kappa shape index (κ1) is 17.7. The zero-order valence-corrected chi connectivity index (χ0v) is 16.2. The molecule has 4 rings (SSSR count). The molecule has 0 amide bonds. The summed E-state index contributed by atoms with van der Waals surface area (Å²) in [5, 5.41) is 9.69. The molecule has 0 radical (unpaired) electrons. The van der Waals surface area contributed by atoms with Gasteiger partial charge in [0, 0.05) is 18.8 Å². The summed E-state index contributed by atoms with van der Waals surface area (Å²) in [5.41, 5.74) is 0. The van der Waals surface area contributed by atoms with Crippen LogP contribution in [-0.2, 0) is 7.05 Å². The Morgan fingerprint density at radius 1 is 1.15 bits per heavy atom. The van der Waals surface area contributed by atoms with Crippen molar-refractivity contribution in [1.82, 2.24) is 19.7 Å². The molecule has 2 aromatic rings. The second-order valence-electron chi connectivity index (χ2n) is 7.03. The van der Waals surface area contributed by atoms with Crippen LogP contribution in [0.1, 0.15) is 37.6 Å². The van der Waals surface area contributed by atoms with Crippen LogP contribution in [-0.4, -0.2) is 51.7 Å². The van der Waals surface area contributed by atoms with E-state index in [4.69, 9.17) is 9.47 Å². The number of likely N-dealkylation sites (tertiary alicyclic amines) is 1. The molecule has 26 heavy (non-hydrogen) atoms. The second kappa shape index (κ2) is 7.88. The van der Waals surface area contributed by atoms with E-state index >= 15 is 0 Å². The first-order valence-electron chi connectivity index (χ1n) is 9.33. The topological polar surface area (TPSA) is 52.4 Å². The van der Waals surface area contributed by atoms with Crippen LogP contribution in [0.2, 0.25) is 0 Å². The maximum absolute atomic E-state index is 6.06. The number of thioether (sulfide) groups is 1. The SMILES string of the molecule is CN1CCCCC1CCSc1nnc(C2COc3ccccc3O2)n1C. The monoisotopic (exact) mass is 374 g/mol. The molecule has 0 saturated carbocycles. The molecule has 6 nitrogen and oxygen atoms in total. The Labute approximate surface area is 158 Å². The lowest BCUT2D eigenvalue weighted by Gasteiger charge is -2.32. The van der Waals surface area contributed by atoms with Crippen molar-refractivity contribution in [1.29, 1.82) is 0 Å². The number of fused-ring (bicyclic) bond motifs is 1. The maximum atomic E-state index is 6.06. The van der Waals surface area contributed by atoms with Crippen molar-refractivity contribution in [3.8, 4) is 11.5 Å². The lowest BCUT2D eigenvalue weighted by molar-refractivity contribution is 0.0825. The van der Waals surface area contributed by atoms with Gasteiger partial charge in [0.25, 0.3) is 0 Å². The second-order valence-corrected chi connectivity index (χ2v) is 8.09. The highest BCUT2D eigenvalue weighted by Crippen LogP contribution is 2.35. The maximum Gasteiger partial charge on any atom is 0.192 e. The van der Waals surface area contributed by atoms with Crippen LogP contribution >= 0.6 is 11.8 Å². The summed E-state index contributed by atoms with van der Waals surface area (Å²) >= 11 is 1.78. The molecule has 1 fully saturated rings. The summed E-state index contributed by atoms with van der Waals surface area (Å²) in [6.45, 7) is 1.68. The predicted octanol–water partition coefficient (Wildman–Crippen LogP) is 3.29. The minimum Gasteiger partial charge on any atom is -0.485 e. The van der Waals surface area contributed by atoms with Gasteiger partial charge in [-0.2, -0.15) is 0 Å². The van der Waals surface area contributed by atoms with Crippen molar-refractivity contribution in [2.24, 2.45) is 7.05 Å². The van der Waals surface area contributed by atoms with Gasteiger partial charge in [-0.05, 0) is 45.0 Å². The van der Waals surface area contributed by atoms with Crippen LogP contribution in [0.5, 0.6) is 11.5 Å². The smallest absolute Gasteiger partial charge is 0.192 e. The number of rotatable bonds is 5. The van der Waals surface area contributed by atoms with Gasteiger partial charge < -0.3 is 18.9 Å². The van der Waals surface area contributed by atoms with Gasteiger partial charge in [0.15, 0.2) is 28.6 Å². The minimum atomic E-state index is -0.221. The average Bonchev–Trinajstić information content (AvgIpc) is 3.03. The largest absolute Gasteiger partial charge is 0.485 e. The van der Waals surface area contributed by atoms with E-state index in [9.17, 15) is 0 Å². The van der Waals surface area contributed by atoms with Gasteiger partial charge in [-0.3, -0.25) is 0 Å². The van der Waals surface area contributed by atoms with Crippen molar-refractivity contribution in [2.75, 3.05) is 26.0 Å². The number of hydrogen-bond donors (Lipinski definition) is 0. The zero-order valence-electron chi connectivity index (χ0n) is 15.4. The Kier molecular flexibility index (Phi) is 5.36. The van der Waals surface area contributed by atoms with E-state index in [0.717, 1.165) is 28.2 Å². The molecule has 1 aromatic carbocycles. The van der Waals surface area contributed by atoms with Crippen LogP contribution in [0, 0.1) is 0 Å². The summed E-state index contributed by atoms with van der Waals surface area (Å²) in [5.74, 6) is 3.43. The standard InChI is InChI=1S/C19H26N4O2S/c1-22-11-6-5-7-14(22)10-12-26-19-21-20-18(23(19)2)17-13-24-15-8-3-4-9-16(15)25-17/h3-4,8-9,14,17H,5-7,10-13H2,1-2H3. The van der Waals surface area contributed by atoms with Gasteiger partial charge in [-0.1, -0.05) is 30.3 Å². The molecule has 0 bridgehead atoms. The van der Waals surface area contributed by atoms with Crippen LogP contribution in [0.3, 0.4) is 0 Å². The van der Waals surface area contributed by atoms with E-state index in [2.05, 4.69) is 22.1 Å².